The van der Waals surface area contributed by atoms with Crippen molar-refractivity contribution in [3.63, 3.8) is 0 Å². The van der Waals surface area contributed by atoms with Crippen molar-refractivity contribution in [3.05, 3.63) is 124 Å². The maximum absolute atomic E-state index is 12.1. The molecule has 0 aliphatic rings. The fourth-order valence-electron chi connectivity index (χ4n) is 7.55. The predicted molar refractivity (Wildman–Crippen MR) is 238 cm³/mol. The number of aromatic hydroxyl groups is 2. The van der Waals surface area contributed by atoms with Crippen LogP contribution in [0, 0.1) is 20.8 Å². The fourth-order valence-corrected chi connectivity index (χ4v) is 7.55. The van der Waals surface area contributed by atoms with Gasteiger partial charge in [0, 0.05) is 36.3 Å². The molecule has 0 fully saturated rings. The summed E-state index contributed by atoms with van der Waals surface area (Å²) in [6.07, 6.45) is 1.18. The number of aryl methyl sites for hydroxylation is 5. The number of aliphatic hydroxyl groups is 1. The smallest absolute Gasteiger partial charge is 0.305 e. The lowest BCUT2D eigenvalue weighted by atomic mass is 9.78. The van der Waals surface area contributed by atoms with Gasteiger partial charge >= 0.3 is 5.97 Å². The molecule has 2 aromatic heterocycles. The summed E-state index contributed by atoms with van der Waals surface area (Å²) in [5.41, 5.74) is 9.17. The summed E-state index contributed by atoms with van der Waals surface area (Å²) in [5, 5.41) is 42.4. The second-order valence-corrected chi connectivity index (χ2v) is 16.3. The number of carbonyl (C=O) groups is 1. The van der Waals surface area contributed by atoms with Gasteiger partial charge in [0.05, 0.1) is 19.3 Å². The van der Waals surface area contributed by atoms with Crippen molar-refractivity contribution in [1.82, 2.24) is 29.9 Å². The third-order valence-corrected chi connectivity index (χ3v) is 11.1. The molecular weight excluding hydrogens is 785 g/mol. The molecule has 0 bridgehead atoms. The molecule has 0 saturated carbocycles. The molecule has 0 amide bonds. The van der Waals surface area contributed by atoms with E-state index in [2.05, 4.69) is 42.2 Å². The van der Waals surface area contributed by atoms with Gasteiger partial charge in [-0.2, -0.15) is 0 Å². The first-order chi connectivity index (χ1) is 29.7. The number of hydrogen-bond acceptors (Lipinski definition) is 12. The van der Waals surface area contributed by atoms with E-state index >= 15 is 0 Å². The molecule has 1 unspecified atom stereocenters. The van der Waals surface area contributed by atoms with Crippen molar-refractivity contribution in [2.45, 2.75) is 71.8 Å². The molecule has 1 atom stereocenters. The molecule has 62 heavy (non-hydrogen) atoms. The number of methoxy groups -OCH3 is 2. The number of nitrogens with zero attached hydrogens (tertiary/aromatic N) is 6. The molecule has 0 spiro atoms. The van der Waals surface area contributed by atoms with Crippen LogP contribution >= 0.6 is 0 Å². The van der Waals surface area contributed by atoms with Gasteiger partial charge in [-0.3, -0.25) is 4.79 Å². The molecule has 7 rings (SSSR count). The van der Waals surface area contributed by atoms with Crippen LogP contribution in [-0.2, 0) is 32.5 Å². The molecule has 3 N–H and O–H groups in total. The Morgan fingerprint density at radius 1 is 0.726 bits per heavy atom. The summed E-state index contributed by atoms with van der Waals surface area (Å²) in [7, 11) is 2.88. The molecule has 0 radical (unpaired) electrons. The monoisotopic (exact) mass is 836 g/mol. The Kier molecular flexibility index (Phi) is 13.0. The molecule has 0 aliphatic carbocycles. The highest BCUT2D eigenvalue weighted by molar-refractivity contribution is 5.75. The molecule has 0 saturated heterocycles. The Bertz CT molecular complexity index is 2710. The first-order valence-corrected chi connectivity index (χ1v) is 20.6. The van der Waals surface area contributed by atoms with Gasteiger partial charge in [-0.15, -0.1) is 15.0 Å². The maximum Gasteiger partial charge on any atom is 0.305 e. The largest absolute Gasteiger partial charge is 0.507 e. The van der Waals surface area contributed by atoms with Gasteiger partial charge in [-0.1, -0.05) is 74.0 Å². The molecule has 13 nitrogen and oxygen atoms in total. The highest BCUT2D eigenvalue weighted by Crippen LogP contribution is 2.40. The highest BCUT2D eigenvalue weighted by atomic mass is 16.5. The van der Waals surface area contributed by atoms with Crippen LogP contribution in [0.15, 0.2) is 91.0 Å². The number of aliphatic hydroxyl groups excluding tert-OH is 1. The van der Waals surface area contributed by atoms with Gasteiger partial charge in [0.25, 0.3) is 0 Å². The van der Waals surface area contributed by atoms with E-state index in [1.54, 1.807) is 12.1 Å². The summed E-state index contributed by atoms with van der Waals surface area (Å²) in [5.74, 6) is 1.30. The number of rotatable bonds is 16. The number of benzene rings is 5. The second kappa shape index (κ2) is 18.5. The average Bonchev–Trinajstić information content (AvgIpc) is 3.69. The van der Waals surface area contributed by atoms with E-state index in [0.717, 1.165) is 44.5 Å². The predicted octanol–water partition coefficient (Wildman–Crippen LogP) is 8.35. The van der Waals surface area contributed by atoms with Crippen LogP contribution in [0.1, 0.15) is 60.1 Å². The van der Waals surface area contributed by atoms with Crippen molar-refractivity contribution in [1.29, 1.82) is 0 Å². The number of aromatic nitrogens is 6. The lowest BCUT2D eigenvalue weighted by Crippen LogP contribution is -2.22. The lowest BCUT2D eigenvalue weighted by molar-refractivity contribution is -0.140. The zero-order chi connectivity index (χ0) is 44.1. The van der Waals surface area contributed by atoms with E-state index < -0.39 is 11.5 Å². The number of esters is 1. The van der Waals surface area contributed by atoms with Crippen molar-refractivity contribution in [2.75, 3.05) is 27.4 Å². The first kappa shape index (κ1) is 43.4. The number of carbonyl (C=O) groups excluding carboxylic acids is 1. The second-order valence-electron chi connectivity index (χ2n) is 16.3. The number of phenolic OH excluding ortho intramolecular Hbond substituents is 2. The average molecular weight is 837 g/mol. The van der Waals surface area contributed by atoms with Gasteiger partial charge in [0.2, 0.25) is 0 Å². The molecule has 0 aliphatic heterocycles. The maximum atomic E-state index is 12.1. The highest BCUT2D eigenvalue weighted by Gasteiger charge is 2.28. The molecule has 13 heteroatoms. The zero-order valence-corrected chi connectivity index (χ0v) is 36.1. The van der Waals surface area contributed by atoms with Crippen molar-refractivity contribution < 1.29 is 34.3 Å². The van der Waals surface area contributed by atoms with Gasteiger partial charge in [-0.25, -0.2) is 15.0 Å². The van der Waals surface area contributed by atoms with Gasteiger partial charge in [0.1, 0.15) is 46.7 Å². The summed E-state index contributed by atoms with van der Waals surface area (Å²) in [6.45, 7) is 10.4. The van der Waals surface area contributed by atoms with E-state index in [1.807, 2.05) is 75.4 Å². The molecule has 5 aromatic carbocycles. The minimum Gasteiger partial charge on any atom is -0.507 e. The van der Waals surface area contributed by atoms with Crippen LogP contribution in [0.5, 0.6) is 17.2 Å². The molecular formula is C49H52N6O7. The summed E-state index contributed by atoms with van der Waals surface area (Å²) >= 11 is 0. The third-order valence-electron chi connectivity index (χ3n) is 11.1. The molecule has 2 heterocycles. The standard InChI is InChI=1S/C49H52N6O7/c1-29-12-16-36(30(2)22-29)46-50-47(52-48(51-46)38-18-15-35(26-43(38)57)62-28-34(56)27-60-6)37-17-13-32(23-31(37)3)20-21-49(4,5)39-24-33(14-19-44(58)61-7)25-42(45(39)59)55-53-40-10-8-9-11-41(40)54-55/h8-13,15-18,22-26,34,56-57,59H,14,19-21,27-28H2,1-7H3. The number of fused-ring (bicyclic) bond motifs is 1. The van der Waals surface area contributed by atoms with Crippen LogP contribution < -0.4 is 4.74 Å². The van der Waals surface area contributed by atoms with E-state index in [4.69, 9.17) is 29.2 Å². The molecule has 7 aromatic rings. The van der Waals surface area contributed by atoms with E-state index in [1.165, 1.54) is 25.1 Å². The van der Waals surface area contributed by atoms with Gasteiger partial charge in [-0.05, 0) is 98.0 Å². The quantitative estimate of drug-likeness (QED) is 0.0795. The minimum absolute atomic E-state index is 0.00274. The van der Waals surface area contributed by atoms with E-state index in [0.29, 0.717) is 64.8 Å². The SMILES string of the molecule is COCC(O)COc1ccc(-c2nc(-c3ccc(C)cc3C)nc(-c3ccc(CCC(C)(C)c4cc(CCC(=O)OC)cc(-n5nc6ccccc6n5)c4O)cc3C)n2)c(O)c1. The topological polar surface area (TPSA) is 175 Å². The van der Waals surface area contributed by atoms with Gasteiger partial charge < -0.3 is 29.5 Å². The van der Waals surface area contributed by atoms with Crippen molar-refractivity contribution >= 4 is 17.0 Å². The van der Waals surface area contributed by atoms with Crippen LogP contribution in [0.2, 0.25) is 0 Å². The fraction of sp³-hybridized carbons (Fsp3) is 0.306. The Hall–Kier alpha value is -6.70. The summed E-state index contributed by atoms with van der Waals surface area (Å²) in [4.78, 5) is 28.3. The summed E-state index contributed by atoms with van der Waals surface area (Å²) in [6, 6.07) is 28.5. The van der Waals surface area contributed by atoms with Crippen LogP contribution in [0.3, 0.4) is 0 Å². The number of hydrogen-bond donors (Lipinski definition) is 3. The Morgan fingerprint density at radius 3 is 1.97 bits per heavy atom. The van der Waals surface area contributed by atoms with Crippen molar-refractivity contribution in [3.8, 4) is 57.1 Å². The zero-order valence-electron chi connectivity index (χ0n) is 36.1. The van der Waals surface area contributed by atoms with Crippen LogP contribution in [0.4, 0.5) is 0 Å². The first-order valence-electron chi connectivity index (χ1n) is 20.6. The van der Waals surface area contributed by atoms with Gasteiger partial charge in [0.15, 0.2) is 17.5 Å². The van der Waals surface area contributed by atoms with E-state index in [-0.39, 0.29) is 37.1 Å². The number of ether oxygens (including phenoxy) is 3. The number of phenols is 2. The Balaban J connectivity index is 1.19. The Morgan fingerprint density at radius 2 is 1.35 bits per heavy atom. The van der Waals surface area contributed by atoms with Crippen LogP contribution in [-0.4, -0.2) is 84.8 Å². The van der Waals surface area contributed by atoms with E-state index in [9.17, 15) is 20.1 Å². The minimum atomic E-state index is -0.814. The normalized spacial score (nSPS) is 12.1. The summed E-state index contributed by atoms with van der Waals surface area (Å²) < 4.78 is 15.6. The third kappa shape index (κ3) is 9.75. The Labute approximate surface area is 361 Å². The van der Waals surface area contributed by atoms with Crippen molar-refractivity contribution in [2.24, 2.45) is 0 Å². The van der Waals surface area contributed by atoms with Crippen LogP contribution in [0.25, 0.3) is 50.9 Å². The lowest BCUT2D eigenvalue weighted by Gasteiger charge is -2.28. The molecule has 320 valence electrons.